The lowest BCUT2D eigenvalue weighted by atomic mass is 10.1. The van der Waals surface area contributed by atoms with Crippen molar-refractivity contribution >= 4 is 11.6 Å². The number of amides is 1. The van der Waals surface area contributed by atoms with Crippen molar-refractivity contribution in [2.45, 2.75) is 46.7 Å². The number of imidazole rings is 1. The van der Waals surface area contributed by atoms with Crippen molar-refractivity contribution in [1.82, 2.24) is 4.57 Å². The Kier molecular flexibility index (Phi) is 4.75. The number of carbonyl (C=O) groups excluding carboxylic acids is 1. The molecule has 2 aromatic carbocycles. The molecule has 144 valence electrons. The van der Waals surface area contributed by atoms with E-state index < -0.39 is 0 Å². The van der Waals surface area contributed by atoms with E-state index in [9.17, 15) is 9.18 Å². The fourth-order valence-electron chi connectivity index (χ4n) is 4.21. The number of anilines is 1. The molecule has 1 N–H and O–H groups in total. The molecule has 0 fully saturated rings. The molecule has 4 rings (SSSR count). The first kappa shape index (κ1) is 18.4. The van der Waals surface area contributed by atoms with Gasteiger partial charge in [-0.3, -0.25) is 4.79 Å². The van der Waals surface area contributed by atoms with E-state index in [1.807, 2.05) is 24.6 Å². The number of hydrogen-bond donors (Lipinski definition) is 1. The molecule has 0 bridgehead atoms. The molecule has 0 saturated carbocycles. The average molecular weight is 378 g/mol. The molecule has 1 amide bonds. The van der Waals surface area contributed by atoms with E-state index in [2.05, 4.69) is 28.9 Å². The van der Waals surface area contributed by atoms with Gasteiger partial charge in [0.1, 0.15) is 12.0 Å². The minimum absolute atomic E-state index is 0.0361. The van der Waals surface area contributed by atoms with Gasteiger partial charge in [0.05, 0.1) is 13.0 Å². The van der Waals surface area contributed by atoms with Crippen molar-refractivity contribution < 1.29 is 13.8 Å². The largest absolute Gasteiger partial charge is 0.322 e. The van der Waals surface area contributed by atoms with Gasteiger partial charge in [-0.15, -0.1) is 0 Å². The van der Waals surface area contributed by atoms with E-state index in [-0.39, 0.29) is 18.3 Å². The van der Waals surface area contributed by atoms with Crippen LogP contribution >= 0.6 is 0 Å². The number of hydrogen-bond acceptors (Lipinski definition) is 1. The third-order valence-corrected chi connectivity index (χ3v) is 5.39. The number of halogens is 1. The van der Waals surface area contributed by atoms with Gasteiger partial charge in [0.25, 0.3) is 11.7 Å². The maximum Gasteiger partial charge on any atom is 0.266 e. The molecule has 1 aliphatic heterocycles. The zero-order valence-electron chi connectivity index (χ0n) is 16.6. The number of rotatable bonds is 4. The molecule has 2 heterocycles. The summed E-state index contributed by atoms with van der Waals surface area (Å²) in [6.07, 6.45) is 4.01. The Morgan fingerprint density at radius 1 is 1.14 bits per heavy atom. The molecule has 3 aromatic rings. The van der Waals surface area contributed by atoms with E-state index >= 15 is 0 Å². The standard InChI is InChI=1S/C23H24FN3O/c1-15-11-16(2)23(17(3)12-15)25-21(28)14-26-13-20(27-10-4-5-22(26)27)18-6-8-19(24)9-7-18/h6-9,11-13H,4-5,10,14H2,1-3H3/p+1. The molecule has 5 heteroatoms. The van der Waals surface area contributed by atoms with Crippen LogP contribution < -0.4 is 9.88 Å². The first-order chi connectivity index (χ1) is 13.4. The van der Waals surface area contributed by atoms with Gasteiger partial charge in [-0.1, -0.05) is 17.7 Å². The quantitative estimate of drug-likeness (QED) is 0.682. The van der Waals surface area contributed by atoms with Crippen LogP contribution in [0, 0.1) is 26.6 Å². The van der Waals surface area contributed by atoms with Crippen molar-refractivity contribution in [3.63, 3.8) is 0 Å². The Morgan fingerprint density at radius 3 is 2.50 bits per heavy atom. The average Bonchev–Trinajstić information content (AvgIpc) is 3.23. The van der Waals surface area contributed by atoms with Crippen LogP contribution in [0.5, 0.6) is 0 Å². The Hall–Kier alpha value is -2.95. The molecule has 0 aliphatic carbocycles. The van der Waals surface area contributed by atoms with Crippen LogP contribution in [0.25, 0.3) is 11.3 Å². The van der Waals surface area contributed by atoms with Gasteiger partial charge in [0.15, 0.2) is 12.2 Å². The third kappa shape index (κ3) is 3.44. The van der Waals surface area contributed by atoms with E-state index in [1.165, 1.54) is 17.7 Å². The highest BCUT2D eigenvalue weighted by atomic mass is 19.1. The number of fused-ring (bicyclic) bond motifs is 1. The summed E-state index contributed by atoms with van der Waals surface area (Å²) in [5.74, 6) is 0.867. The van der Waals surface area contributed by atoms with Crippen molar-refractivity contribution in [2.75, 3.05) is 5.32 Å². The van der Waals surface area contributed by atoms with Crippen molar-refractivity contribution in [3.8, 4) is 11.3 Å². The lowest BCUT2D eigenvalue weighted by molar-refractivity contribution is -0.690. The van der Waals surface area contributed by atoms with E-state index in [1.54, 1.807) is 12.1 Å². The molecule has 1 aliphatic rings. The lowest BCUT2D eigenvalue weighted by Crippen LogP contribution is -2.42. The maximum atomic E-state index is 13.3. The minimum atomic E-state index is -0.243. The molecule has 0 atom stereocenters. The Labute approximate surface area is 164 Å². The van der Waals surface area contributed by atoms with E-state index in [4.69, 9.17) is 0 Å². The van der Waals surface area contributed by atoms with Crippen molar-refractivity contribution in [2.24, 2.45) is 0 Å². The highest BCUT2D eigenvalue weighted by molar-refractivity contribution is 5.91. The smallest absolute Gasteiger partial charge is 0.266 e. The Balaban J connectivity index is 1.60. The fourth-order valence-corrected chi connectivity index (χ4v) is 4.21. The number of aromatic nitrogens is 2. The van der Waals surface area contributed by atoms with Crippen molar-refractivity contribution in [1.29, 1.82) is 0 Å². The van der Waals surface area contributed by atoms with Gasteiger partial charge in [0, 0.05) is 11.3 Å². The molecule has 0 spiro atoms. The molecular weight excluding hydrogens is 353 g/mol. The van der Waals surface area contributed by atoms with E-state index in [0.717, 1.165) is 53.3 Å². The van der Waals surface area contributed by atoms with Gasteiger partial charge >= 0.3 is 0 Å². The van der Waals surface area contributed by atoms with Crippen LogP contribution in [0.15, 0.2) is 42.6 Å². The van der Waals surface area contributed by atoms with Crippen molar-refractivity contribution in [3.05, 3.63) is 70.9 Å². The SMILES string of the molecule is Cc1cc(C)c(NC(=O)C[n+]2cc(-c3ccc(F)cc3)n3c2CCC3)c(C)c1. The number of aryl methyl sites for hydroxylation is 3. The van der Waals surface area contributed by atoms with Gasteiger partial charge in [-0.25, -0.2) is 13.5 Å². The van der Waals surface area contributed by atoms with Crippen LogP contribution in [0.1, 0.15) is 28.9 Å². The molecule has 4 nitrogen and oxygen atoms in total. The summed E-state index contributed by atoms with van der Waals surface area (Å²) in [5.41, 5.74) is 6.23. The van der Waals surface area contributed by atoms with Gasteiger partial charge in [-0.05, 0) is 62.6 Å². The molecule has 0 saturated heterocycles. The maximum absolute atomic E-state index is 13.3. The minimum Gasteiger partial charge on any atom is -0.322 e. The molecule has 0 radical (unpaired) electrons. The number of nitrogens with zero attached hydrogens (tertiary/aromatic N) is 2. The number of benzene rings is 2. The lowest BCUT2D eigenvalue weighted by Gasteiger charge is -2.12. The zero-order chi connectivity index (χ0) is 19.8. The summed E-state index contributed by atoms with van der Waals surface area (Å²) in [4.78, 5) is 12.8. The topological polar surface area (TPSA) is 37.9 Å². The molecule has 28 heavy (non-hydrogen) atoms. The van der Waals surface area contributed by atoms with Crippen LogP contribution in [0.2, 0.25) is 0 Å². The summed E-state index contributed by atoms with van der Waals surface area (Å²) >= 11 is 0. The first-order valence-electron chi connectivity index (χ1n) is 9.68. The third-order valence-electron chi connectivity index (χ3n) is 5.39. The first-order valence-corrected chi connectivity index (χ1v) is 9.68. The van der Waals surface area contributed by atoms with Gasteiger partial charge in [0.2, 0.25) is 0 Å². The molecular formula is C23H25FN3O+. The predicted octanol–water partition coefficient (Wildman–Crippen LogP) is 4.09. The fraction of sp³-hybridized carbons (Fsp3) is 0.304. The second-order valence-corrected chi connectivity index (χ2v) is 7.64. The van der Waals surface area contributed by atoms with Crippen LogP contribution in [0.4, 0.5) is 10.1 Å². The van der Waals surface area contributed by atoms with Crippen LogP contribution in [-0.2, 0) is 24.3 Å². The molecule has 1 aromatic heterocycles. The Bertz CT molecular complexity index is 1030. The van der Waals surface area contributed by atoms with E-state index in [0.29, 0.717) is 0 Å². The Morgan fingerprint density at radius 2 is 1.82 bits per heavy atom. The highest BCUT2D eigenvalue weighted by Gasteiger charge is 2.29. The second kappa shape index (κ2) is 7.23. The summed E-state index contributed by atoms with van der Waals surface area (Å²) in [5, 5.41) is 3.08. The predicted molar refractivity (Wildman–Crippen MR) is 108 cm³/mol. The normalized spacial score (nSPS) is 12.9. The highest BCUT2D eigenvalue weighted by Crippen LogP contribution is 2.25. The summed E-state index contributed by atoms with van der Waals surface area (Å²) in [6.45, 7) is 7.29. The van der Waals surface area contributed by atoms with Crippen LogP contribution in [0.3, 0.4) is 0 Å². The molecule has 0 unspecified atom stereocenters. The zero-order valence-corrected chi connectivity index (χ0v) is 16.6. The van der Waals surface area contributed by atoms with Crippen LogP contribution in [-0.4, -0.2) is 10.5 Å². The summed E-state index contributed by atoms with van der Waals surface area (Å²) < 4.78 is 17.6. The summed E-state index contributed by atoms with van der Waals surface area (Å²) in [7, 11) is 0. The van der Waals surface area contributed by atoms with Gasteiger partial charge < -0.3 is 5.32 Å². The second-order valence-electron chi connectivity index (χ2n) is 7.64. The van der Waals surface area contributed by atoms with Gasteiger partial charge in [-0.2, -0.15) is 0 Å². The number of nitrogens with one attached hydrogen (secondary N) is 1. The summed E-state index contributed by atoms with van der Waals surface area (Å²) in [6, 6.07) is 10.7. The monoisotopic (exact) mass is 378 g/mol. The number of carbonyl (C=O) groups is 1.